The molecule has 56 heavy (non-hydrogen) atoms. The Kier molecular flexibility index (Phi) is 12.3. The van der Waals surface area contributed by atoms with E-state index in [-0.39, 0.29) is 18.3 Å². The number of esters is 1. The van der Waals surface area contributed by atoms with Crippen LogP contribution in [0.15, 0.2) is 152 Å². The van der Waals surface area contributed by atoms with Gasteiger partial charge >= 0.3 is 12.1 Å². The quantitative estimate of drug-likeness (QED) is 0.0719. The molecule has 0 bridgehead atoms. The normalized spacial score (nSPS) is 17.7. The zero-order chi connectivity index (χ0) is 40.0. The lowest BCUT2D eigenvalue weighted by atomic mass is 9.80. The minimum atomic E-state index is -3.00. The van der Waals surface area contributed by atoms with E-state index in [1.54, 1.807) is 4.90 Å². The standard InChI is InChI=1S/C48H55NO6Si/c1-46(2,3)55-45(51)49-40(35-53-48(37-23-13-8-14-24-37,38-25-15-9-16-26-38)39-27-17-10-18-28-39)33-36(43(49)44(50)52-7)34-54-56(47(4,5)6,41-29-19-11-20-30-41)42-31-21-12-22-32-42/h8-32,36,40,43H,33-35H2,1-7H3/t36-,40+,43+/m0/s1. The summed E-state index contributed by atoms with van der Waals surface area (Å²) in [5, 5.41) is 1.98. The lowest BCUT2D eigenvalue weighted by molar-refractivity contribution is -0.148. The fourth-order valence-electron chi connectivity index (χ4n) is 8.34. The molecule has 0 radical (unpaired) electrons. The first-order chi connectivity index (χ1) is 26.8. The fraction of sp³-hybridized carbons (Fsp3) is 0.333. The van der Waals surface area contributed by atoms with Crippen LogP contribution < -0.4 is 10.4 Å². The highest BCUT2D eigenvalue weighted by Crippen LogP contribution is 2.43. The Balaban J connectivity index is 1.44. The van der Waals surface area contributed by atoms with Crippen molar-refractivity contribution in [3.63, 3.8) is 0 Å². The van der Waals surface area contributed by atoms with Crippen molar-refractivity contribution in [2.24, 2.45) is 5.92 Å². The van der Waals surface area contributed by atoms with Gasteiger partial charge in [0.05, 0.1) is 19.8 Å². The second-order valence-corrected chi connectivity index (χ2v) is 20.9. The zero-order valence-electron chi connectivity index (χ0n) is 33.7. The number of hydrogen-bond acceptors (Lipinski definition) is 6. The third-order valence-electron chi connectivity index (χ3n) is 10.7. The van der Waals surface area contributed by atoms with Crippen molar-refractivity contribution in [2.45, 2.75) is 76.3 Å². The largest absolute Gasteiger partial charge is 0.467 e. The molecule has 1 aliphatic rings. The molecule has 1 saturated heterocycles. The number of likely N-dealkylation sites (tertiary alicyclic amines) is 1. The van der Waals surface area contributed by atoms with Crippen LogP contribution in [0.3, 0.4) is 0 Å². The maximum atomic E-state index is 14.4. The van der Waals surface area contributed by atoms with Crippen LogP contribution >= 0.6 is 0 Å². The van der Waals surface area contributed by atoms with Crippen molar-refractivity contribution >= 4 is 30.8 Å². The van der Waals surface area contributed by atoms with Crippen LogP contribution in [0.2, 0.25) is 5.04 Å². The van der Waals surface area contributed by atoms with E-state index in [1.807, 2.05) is 87.5 Å². The summed E-state index contributed by atoms with van der Waals surface area (Å²) in [6.45, 7) is 12.5. The SMILES string of the molecule is COC(=O)[C@H]1[C@H](CO[Si](c2ccccc2)(c2ccccc2)C(C)(C)C)C[C@H](COC(c2ccccc2)(c2ccccc2)c2ccccc2)N1C(=O)OC(C)(C)C. The Morgan fingerprint density at radius 2 is 1.04 bits per heavy atom. The third-order valence-corrected chi connectivity index (χ3v) is 15.7. The number of nitrogens with zero attached hydrogens (tertiary/aromatic N) is 1. The van der Waals surface area contributed by atoms with Gasteiger partial charge in [-0.3, -0.25) is 4.90 Å². The van der Waals surface area contributed by atoms with Gasteiger partial charge in [-0.05, 0) is 59.3 Å². The van der Waals surface area contributed by atoms with Crippen molar-refractivity contribution < 1.29 is 28.2 Å². The first-order valence-corrected chi connectivity index (χ1v) is 21.4. The number of benzene rings is 5. The number of carbonyl (C=O) groups is 2. The van der Waals surface area contributed by atoms with Crippen molar-refractivity contribution in [2.75, 3.05) is 20.3 Å². The molecule has 5 aromatic rings. The number of carbonyl (C=O) groups excluding carboxylic acids is 2. The maximum Gasteiger partial charge on any atom is 0.411 e. The van der Waals surface area contributed by atoms with E-state index in [0.29, 0.717) is 6.42 Å². The van der Waals surface area contributed by atoms with Gasteiger partial charge in [-0.2, -0.15) is 0 Å². The number of rotatable bonds is 12. The summed E-state index contributed by atoms with van der Waals surface area (Å²) in [7, 11) is -1.63. The molecule has 0 N–H and O–H groups in total. The predicted octanol–water partition coefficient (Wildman–Crippen LogP) is 8.74. The summed E-state index contributed by atoms with van der Waals surface area (Å²) in [5.74, 6) is -0.945. The van der Waals surface area contributed by atoms with Crippen LogP contribution in [0.1, 0.15) is 64.7 Å². The lowest BCUT2D eigenvalue weighted by Crippen LogP contribution is -2.67. The monoisotopic (exact) mass is 769 g/mol. The number of ether oxygens (including phenoxy) is 3. The summed E-state index contributed by atoms with van der Waals surface area (Å²) in [5.41, 5.74) is 0.975. The van der Waals surface area contributed by atoms with Gasteiger partial charge in [0.1, 0.15) is 17.2 Å². The van der Waals surface area contributed by atoms with Gasteiger partial charge in [0, 0.05) is 12.5 Å². The van der Waals surface area contributed by atoms with Crippen LogP contribution in [-0.4, -0.2) is 63.3 Å². The van der Waals surface area contributed by atoms with E-state index in [0.717, 1.165) is 27.1 Å². The van der Waals surface area contributed by atoms with Crippen LogP contribution in [-0.2, 0) is 29.0 Å². The molecule has 3 atom stereocenters. The minimum Gasteiger partial charge on any atom is -0.467 e. The maximum absolute atomic E-state index is 14.4. The second kappa shape index (κ2) is 17.0. The van der Waals surface area contributed by atoms with Gasteiger partial charge in [0.15, 0.2) is 0 Å². The van der Waals surface area contributed by atoms with Gasteiger partial charge in [-0.25, -0.2) is 9.59 Å². The van der Waals surface area contributed by atoms with Crippen LogP contribution in [0, 0.1) is 5.92 Å². The summed E-state index contributed by atoms with van der Waals surface area (Å²) >= 11 is 0. The van der Waals surface area contributed by atoms with Crippen LogP contribution in [0.4, 0.5) is 4.79 Å². The molecule has 1 aliphatic heterocycles. The first kappa shape index (κ1) is 40.6. The lowest BCUT2D eigenvalue weighted by Gasteiger charge is -2.43. The Hall–Kier alpha value is -5.02. The topological polar surface area (TPSA) is 74.3 Å². The van der Waals surface area contributed by atoms with Gasteiger partial charge in [0.2, 0.25) is 0 Å². The summed E-state index contributed by atoms with van der Waals surface area (Å²) < 4.78 is 26.2. The molecule has 8 heteroatoms. The molecule has 1 amide bonds. The number of methoxy groups -OCH3 is 1. The molecule has 292 valence electrons. The smallest absolute Gasteiger partial charge is 0.411 e. The van der Waals surface area contributed by atoms with E-state index in [1.165, 1.54) is 7.11 Å². The average Bonchev–Trinajstić information content (AvgIpc) is 3.57. The van der Waals surface area contributed by atoms with Crippen LogP contribution in [0.5, 0.6) is 0 Å². The Bertz CT molecular complexity index is 1880. The van der Waals surface area contributed by atoms with Crippen molar-refractivity contribution in [1.29, 1.82) is 0 Å². The molecule has 0 unspecified atom stereocenters. The molecule has 0 aliphatic carbocycles. The Labute approximate surface area is 333 Å². The molecule has 1 heterocycles. The molecule has 0 aromatic heterocycles. The fourth-order valence-corrected chi connectivity index (χ4v) is 13.0. The van der Waals surface area contributed by atoms with E-state index < -0.39 is 49.6 Å². The molecular formula is C48H55NO6Si. The Morgan fingerprint density at radius 1 is 0.625 bits per heavy atom. The first-order valence-electron chi connectivity index (χ1n) is 19.5. The average molecular weight is 770 g/mol. The number of hydrogen-bond donors (Lipinski definition) is 0. The van der Waals surface area contributed by atoms with Gasteiger partial charge < -0.3 is 18.6 Å². The molecule has 6 rings (SSSR count). The minimum absolute atomic E-state index is 0.0983. The highest BCUT2D eigenvalue weighted by Gasteiger charge is 2.54. The molecular weight excluding hydrogens is 715 g/mol. The summed E-state index contributed by atoms with van der Waals surface area (Å²) in [4.78, 5) is 30.0. The van der Waals surface area contributed by atoms with Gasteiger partial charge in [0.25, 0.3) is 8.32 Å². The molecule has 7 nitrogen and oxygen atoms in total. The Morgan fingerprint density at radius 3 is 1.41 bits per heavy atom. The van der Waals surface area contributed by atoms with Gasteiger partial charge in [-0.1, -0.05) is 172 Å². The van der Waals surface area contributed by atoms with E-state index in [9.17, 15) is 9.59 Å². The molecule has 0 spiro atoms. The number of amides is 1. The highest BCUT2D eigenvalue weighted by atomic mass is 28.4. The van der Waals surface area contributed by atoms with Crippen molar-refractivity contribution in [3.8, 4) is 0 Å². The summed E-state index contributed by atoms with van der Waals surface area (Å²) in [6, 6.07) is 49.7. The van der Waals surface area contributed by atoms with Crippen LogP contribution in [0.25, 0.3) is 0 Å². The van der Waals surface area contributed by atoms with Gasteiger partial charge in [-0.15, -0.1) is 0 Å². The molecule has 1 fully saturated rings. The molecule has 5 aromatic carbocycles. The summed E-state index contributed by atoms with van der Waals surface area (Å²) in [6.07, 6.45) is -0.176. The van der Waals surface area contributed by atoms with E-state index in [4.69, 9.17) is 18.6 Å². The van der Waals surface area contributed by atoms with E-state index >= 15 is 0 Å². The second-order valence-electron chi connectivity index (χ2n) is 16.6. The molecule has 0 saturated carbocycles. The highest BCUT2D eigenvalue weighted by molar-refractivity contribution is 6.99. The third kappa shape index (κ3) is 8.24. The van der Waals surface area contributed by atoms with Crippen molar-refractivity contribution in [3.05, 3.63) is 168 Å². The van der Waals surface area contributed by atoms with Crippen molar-refractivity contribution in [1.82, 2.24) is 4.90 Å². The predicted molar refractivity (Wildman–Crippen MR) is 225 cm³/mol. The zero-order valence-corrected chi connectivity index (χ0v) is 34.7. The van der Waals surface area contributed by atoms with E-state index in [2.05, 4.69) is 106 Å².